The molecule has 0 spiro atoms. The van der Waals surface area contributed by atoms with Crippen LogP contribution in [0.3, 0.4) is 0 Å². The maximum atomic E-state index is 14.2. The summed E-state index contributed by atoms with van der Waals surface area (Å²) in [5.74, 6) is -0.0328. The van der Waals surface area contributed by atoms with Crippen molar-refractivity contribution in [3.8, 4) is 5.69 Å². The van der Waals surface area contributed by atoms with Crippen molar-refractivity contribution < 1.29 is 27.0 Å². The minimum absolute atomic E-state index is 0.0742. The first-order valence-electron chi connectivity index (χ1n) is 15.4. The summed E-state index contributed by atoms with van der Waals surface area (Å²) in [7, 11) is -1.86. The van der Waals surface area contributed by atoms with E-state index < -0.39 is 29.5 Å². The summed E-state index contributed by atoms with van der Waals surface area (Å²) in [6.45, 7) is 3.22. The van der Waals surface area contributed by atoms with Gasteiger partial charge in [0.2, 0.25) is 5.78 Å². The van der Waals surface area contributed by atoms with Crippen LogP contribution >= 0.6 is 0 Å². The number of carbonyl (C=O) groups is 2. The van der Waals surface area contributed by atoms with Crippen LogP contribution in [0.4, 0.5) is 19.0 Å². The molecule has 15 heteroatoms. The average Bonchev–Trinajstić information content (AvgIpc) is 3.76. The topological polar surface area (TPSA) is 135 Å². The molecule has 1 aliphatic rings. The molecule has 0 aliphatic carbocycles. The van der Waals surface area contributed by atoms with E-state index in [2.05, 4.69) is 15.1 Å². The van der Waals surface area contributed by atoms with Gasteiger partial charge in [0.25, 0.3) is 5.91 Å². The number of piperazine rings is 1. The lowest BCUT2D eigenvalue weighted by Crippen LogP contribution is -2.50. The summed E-state index contributed by atoms with van der Waals surface area (Å²) < 4.78 is 55.6. The molecule has 3 aromatic carbocycles. The normalized spacial score (nSPS) is 14.9. The van der Waals surface area contributed by atoms with Gasteiger partial charge in [0.15, 0.2) is 11.0 Å². The van der Waals surface area contributed by atoms with E-state index in [4.69, 9.17) is 5.73 Å². The second-order valence-electron chi connectivity index (χ2n) is 12.1. The van der Waals surface area contributed by atoms with Gasteiger partial charge in [-0.1, -0.05) is 17.7 Å². The fourth-order valence-corrected chi connectivity index (χ4v) is 7.34. The highest BCUT2D eigenvalue weighted by atomic mass is 32.2. The van der Waals surface area contributed by atoms with Crippen molar-refractivity contribution in [1.29, 1.82) is 0 Å². The van der Waals surface area contributed by atoms with E-state index in [0.29, 0.717) is 27.0 Å². The van der Waals surface area contributed by atoms with Crippen molar-refractivity contribution in [3.05, 3.63) is 101 Å². The minimum atomic E-state index is -4.31. The number of fused-ring (bicyclic) bond motifs is 2. The molecule has 49 heavy (non-hydrogen) atoms. The highest BCUT2D eigenvalue weighted by molar-refractivity contribution is 7.83. The number of nitrogens with one attached hydrogen (secondary N) is 1. The number of nitrogens with two attached hydrogens (primary N) is 1. The Morgan fingerprint density at radius 1 is 0.959 bits per heavy atom. The molecule has 3 N–H and O–H groups in total. The minimum Gasteiger partial charge on any atom is -0.383 e. The maximum Gasteiger partial charge on any atom is 0.401 e. The number of alkyl halides is 3. The number of rotatable bonds is 7. The molecule has 1 fully saturated rings. The van der Waals surface area contributed by atoms with Gasteiger partial charge < -0.3 is 15.6 Å². The fourth-order valence-electron chi connectivity index (χ4n) is 6.10. The fraction of sp³-hybridized carbons (Fsp3) is 0.235. The van der Waals surface area contributed by atoms with Gasteiger partial charge >= 0.3 is 6.18 Å². The Labute approximate surface area is 280 Å². The zero-order valence-corrected chi connectivity index (χ0v) is 27.3. The molecular formula is C34H31F3N8O3S. The number of aromatic nitrogens is 5. The number of aryl methyl sites for hydroxylation is 2. The van der Waals surface area contributed by atoms with E-state index in [1.54, 1.807) is 42.5 Å². The highest BCUT2D eigenvalue weighted by Gasteiger charge is 2.33. The van der Waals surface area contributed by atoms with Crippen LogP contribution < -0.4 is 5.73 Å². The molecular weight excluding hydrogens is 657 g/mol. The molecule has 0 saturated carbocycles. The SMILES string of the molecule is Cc1ccc(S(=O)n2c(C(=O)c3cnn(-c4ccc5nc(C)[nH]c5c4)c3N)cc3cc(C(=O)N4CCN(CC(F)(F)F)CC4)ccc32)cc1. The molecule has 1 saturated heterocycles. The van der Waals surface area contributed by atoms with Crippen molar-refractivity contribution in [3.63, 3.8) is 0 Å². The van der Waals surface area contributed by atoms with Crippen LogP contribution in [0.5, 0.6) is 0 Å². The van der Waals surface area contributed by atoms with E-state index in [9.17, 15) is 27.0 Å². The van der Waals surface area contributed by atoms with E-state index >= 15 is 0 Å². The molecule has 0 bridgehead atoms. The predicted molar refractivity (Wildman–Crippen MR) is 179 cm³/mol. The third-order valence-corrected chi connectivity index (χ3v) is 9.97. The second kappa shape index (κ2) is 12.3. The quantitative estimate of drug-likeness (QED) is 0.225. The average molecular weight is 689 g/mol. The summed E-state index contributed by atoms with van der Waals surface area (Å²) in [5, 5.41) is 4.87. The summed E-state index contributed by atoms with van der Waals surface area (Å²) in [6.07, 6.45) is -2.94. The van der Waals surface area contributed by atoms with Crippen LogP contribution in [0.15, 0.2) is 77.8 Å². The third-order valence-electron chi connectivity index (χ3n) is 8.57. The number of hydrogen-bond acceptors (Lipinski definition) is 7. The molecule has 6 aromatic rings. The Morgan fingerprint density at radius 2 is 1.69 bits per heavy atom. The summed E-state index contributed by atoms with van der Waals surface area (Å²) in [6, 6.07) is 18.9. The van der Waals surface area contributed by atoms with Crippen molar-refractivity contribution >= 4 is 50.4 Å². The molecule has 1 unspecified atom stereocenters. The third kappa shape index (κ3) is 6.22. The number of carbonyl (C=O) groups excluding carboxylic acids is 2. The summed E-state index contributed by atoms with van der Waals surface area (Å²) in [4.78, 5) is 38.5. The number of hydrogen-bond donors (Lipinski definition) is 2. The molecule has 7 rings (SSSR count). The summed E-state index contributed by atoms with van der Waals surface area (Å²) in [5.41, 5.74) is 10.6. The number of benzene rings is 3. The monoisotopic (exact) mass is 688 g/mol. The first kappa shape index (κ1) is 32.3. The lowest BCUT2D eigenvalue weighted by Gasteiger charge is -2.35. The van der Waals surface area contributed by atoms with Crippen LogP contribution in [0.2, 0.25) is 0 Å². The van der Waals surface area contributed by atoms with Crippen LogP contribution in [-0.2, 0) is 11.0 Å². The van der Waals surface area contributed by atoms with Gasteiger partial charge in [-0.15, -0.1) is 0 Å². The number of amides is 1. The van der Waals surface area contributed by atoms with Crippen LogP contribution in [-0.4, -0.2) is 88.3 Å². The van der Waals surface area contributed by atoms with Crippen LogP contribution in [0, 0.1) is 13.8 Å². The number of anilines is 1. The van der Waals surface area contributed by atoms with Crippen LogP contribution in [0.1, 0.15) is 37.8 Å². The smallest absolute Gasteiger partial charge is 0.383 e. The number of imidazole rings is 1. The first-order chi connectivity index (χ1) is 23.4. The number of aromatic amines is 1. The Kier molecular flexibility index (Phi) is 8.11. The summed E-state index contributed by atoms with van der Waals surface area (Å²) >= 11 is 0. The van der Waals surface area contributed by atoms with Crippen molar-refractivity contribution in [2.45, 2.75) is 24.9 Å². The molecule has 11 nitrogen and oxygen atoms in total. The molecule has 1 amide bonds. The van der Waals surface area contributed by atoms with Gasteiger partial charge in [-0.2, -0.15) is 18.3 Å². The molecule has 0 radical (unpaired) electrons. The van der Waals surface area contributed by atoms with Crippen molar-refractivity contribution in [1.82, 2.24) is 33.5 Å². The van der Waals surface area contributed by atoms with Crippen molar-refractivity contribution in [2.75, 3.05) is 38.5 Å². The Hall–Kier alpha value is -5.28. The van der Waals surface area contributed by atoms with E-state index in [1.165, 1.54) is 24.7 Å². The van der Waals surface area contributed by atoms with Gasteiger partial charge in [0, 0.05) is 37.1 Å². The molecule has 3 aromatic heterocycles. The number of ketones is 1. The Balaban J connectivity index is 1.24. The second-order valence-corrected chi connectivity index (χ2v) is 13.4. The van der Waals surface area contributed by atoms with E-state index in [1.807, 2.05) is 38.1 Å². The van der Waals surface area contributed by atoms with E-state index in [-0.39, 0.29) is 49.2 Å². The van der Waals surface area contributed by atoms with E-state index in [0.717, 1.165) is 22.4 Å². The van der Waals surface area contributed by atoms with Gasteiger partial charge in [-0.25, -0.2) is 13.9 Å². The Bertz CT molecular complexity index is 2260. The maximum absolute atomic E-state index is 14.2. The number of H-pyrrole nitrogens is 1. The zero-order chi connectivity index (χ0) is 34.6. The predicted octanol–water partition coefficient (Wildman–Crippen LogP) is 5.02. The van der Waals surface area contributed by atoms with Gasteiger partial charge in [-0.05, 0) is 68.4 Å². The lowest BCUT2D eigenvalue weighted by molar-refractivity contribution is -0.148. The van der Waals surface area contributed by atoms with Gasteiger partial charge in [0.1, 0.15) is 17.3 Å². The highest BCUT2D eigenvalue weighted by Crippen LogP contribution is 2.30. The number of halogens is 3. The van der Waals surface area contributed by atoms with Crippen molar-refractivity contribution in [2.24, 2.45) is 0 Å². The zero-order valence-electron chi connectivity index (χ0n) is 26.5. The van der Waals surface area contributed by atoms with Crippen LogP contribution in [0.25, 0.3) is 27.6 Å². The molecule has 252 valence electrons. The number of nitrogen functional groups attached to an aromatic ring is 1. The first-order valence-corrected chi connectivity index (χ1v) is 16.5. The van der Waals surface area contributed by atoms with Gasteiger partial charge in [-0.3, -0.25) is 18.5 Å². The number of nitrogens with zero attached hydrogens (tertiary/aromatic N) is 6. The standard InChI is InChI=1S/C34H31F3N8O3S/c1-20-3-7-25(8-4-20)49(48)45-29-10-5-22(33(47)43-13-11-42(12-14-43)19-34(35,36)37)15-23(29)16-30(45)31(46)26-18-39-44(32(26)38)24-6-9-27-28(17-24)41-21(2)40-27/h3-10,15-18H,11-14,19,38H2,1-2H3,(H,40,41). The molecule has 1 aliphatic heterocycles. The van der Waals surface area contributed by atoms with Gasteiger partial charge in [0.05, 0.1) is 45.4 Å². The largest absolute Gasteiger partial charge is 0.401 e. The molecule has 4 heterocycles. The lowest BCUT2D eigenvalue weighted by atomic mass is 10.1. The molecule has 1 atom stereocenters. The Morgan fingerprint density at radius 3 is 2.41 bits per heavy atom.